The van der Waals surface area contributed by atoms with Gasteiger partial charge in [0.1, 0.15) is 23.9 Å². The summed E-state index contributed by atoms with van der Waals surface area (Å²) in [7, 11) is 2.72. The number of urea groups is 1. The van der Waals surface area contributed by atoms with E-state index in [-0.39, 0.29) is 30.2 Å². The molecule has 3 amide bonds. The molecule has 0 atom stereocenters. The van der Waals surface area contributed by atoms with Crippen LogP contribution >= 0.6 is 0 Å². The van der Waals surface area contributed by atoms with Gasteiger partial charge in [-0.25, -0.2) is 14.0 Å². The molecule has 0 saturated carbocycles. The Labute approximate surface area is 199 Å². The zero-order valence-electron chi connectivity index (χ0n) is 18.9. The standard InChI is InChI=1S/C25H21FN2O7/c1-32-22-12-15(7-9-20(22)34-14-17-8-10-21(35-17)24(30)33-2)11-19-23(29)28(25(31)27-19)13-16-5-3-4-6-18(16)26/h3-12H,13-14H2,1-2H3,(H,27,31). The molecule has 35 heavy (non-hydrogen) atoms. The molecule has 0 radical (unpaired) electrons. The molecule has 1 N–H and O–H groups in total. The van der Waals surface area contributed by atoms with Crippen molar-refractivity contribution < 1.29 is 37.4 Å². The van der Waals surface area contributed by atoms with Crippen molar-refractivity contribution in [3.63, 3.8) is 0 Å². The van der Waals surface area contributed by atoms with Gasteiger partial charge in [-0.1, -0.05) is 24.3 Å². The third kappa shape index (κ3) is 5.16. The second kappa shape index (κ2) is 10.1. The Balaban J connectivity index is 1.46. The topological polar surface area (TPSA) is 107 Å². The van der Waals surface area contributed by atoms with Crippen LogP contribution in [-0.4, -0.2) is 37.0 Å². The van der Waals surface area contributed by atoms with E-state index in [1.807, 2.05) is 0 Å². The number of carbonyl (C=O) groups excluding carboxylic acids is 3. The molecule has 3 aromatic rings. The molecule has 0 aliphatic carbocycles. The monoisotopic (exact) mass is 480 g/mol. The van der Waals surface area contributed by atoms with Gasteiger partial charge in [-0.3, -0.25) is 9.69 Å². The van der Waals surface area contributed by atoms with Crippen molar-refractivity contribution in [1.82, 2.24) is 10.2 Å². The summed E-state index contributed by atoms with van der Waals surface area (Å²) in [5.74, 6) is -0.418. The van der Waals surface area contributed by atoms with E-state index in [0.29, 0.717) is 22.8 Å². The highest BCUT2D eigenvalue weighted by Crippen LogP contribution is 2.30. The average molecular weight is 480 g/mol. The number of amides is 3. The highest BCUT2D eigenvalue weighted by molar-refractivity contribution is 6.13. The maximum absolute atomic E-state index is 14.0. The van der Waals surface area contributed by atoms with Crippen LogP contribution in [0.4, 0.5) is 9.18 Å². The highest BCUT2D eigenvalue weighted by Gasteiger charge is 2.34. The first-order valence-electron chi connectivity index (χ1n) is 10.5. The Morgan fingerprint density at radius 3 is 2.63 bits per heavy atom. The van der Waals surface area contributed by atoms with Gasteiger partial charge in [0.05, 0.1) is 20.8 Å². The van der Waals surface area contributed by atoms with Gasteiger partial charge in [0.15, 0.2) is 11.5 Å². The fourth-order valence-corrected chi connectivity index (χ4v) is 3.39. The average Bonchev–Trinajstić information content (AvgIpc) is 3.44. The summed E-state index contributed by atoms with van der Waals surface area (Å²) in [4.78, 5) is 37.5. The Hall–Kier alpha value is -4.60. The van der Waals surface area contributed by atoms with Crippen LogP contribution in [0.5, 0.6) is 11.5 Å². The molecule has 1 fully saturated rings. The summed E-state index contributed by atoms with van der Waals surface area (Å²) in [6, 6.07) is 13.3. The van der Waals surface area contributed by atoms with E-state index >= 15 is 0 Å². The van der Waals surface area contributed by atoms with Crippen molar-refractivity contribution in [3.8, 4) is 11.5 Å². The summed E-state index contributed by atoms with van der Waals surface area (Å²) in [5.41, 5.74) is 0.847. The largest absolute Gasteiger partial charge is 0.493 e. The van der Waals surface area contributed by atoms with Crippen LogP contribution in [0.2, 0.25) is 0 Å². The number of hydrogen-bond donors (Lipinski definition) is 1. The fourth-order valence-electron chi connectivity index (χ4n) is 3.39. The van der Waals surface area contributed by atoms with Crippen molar-refractivity contribution >= 4 is 24.0 Å². The van der Waals surface area contributed by atoms with Crippen LogP contribution in [-0.2, 0) is 22.7 Å². The number of hydrogen-bond acceptors (Lipinski definition) is 7. The molecule has 180 valence electrons. The minimum atomic E-state index is -0.638. The number of benzene rings is 2. The summed E-state index contributed by atoms with van der Waals surface area (Å²) < 4.78 is 35.0. The van der Waals surface area contributed by atoms with Gasteiger partial charge in [-0.05, 0) is 42.0 Å². The smallest absolute Gasteiger partial charge is 0.373 e. The molecule has 2 heterocycles. The van der Waals surface area contributed by atoms with Gasteiger partial charge in [-0.2, -0.15) is 0 Å². The minimum absolute atomic E-state index is 0.0351. The van der Waals surface area contributed by atoms with Gasteiger partial charge < -0.3 is 23.9 Å². The predicted molar refractivity (Wildman–Crippen MR) is 121 cm³/mol. The van der Waals surface area contributed by atoms with Crippen LogP contribution in [0.25, 0.3) is 6.08 Å². The minimum Gasteiger partial charge on any atom is -0.493 e. The Bertz CT molecular complexity index is 1310. The number of esters is 1. The van der Waals surface area contributed by atoms with Gasteiger partial charge in [0.25, 0.3) is 5.91 Å². The number of methoxy groups -OCH3 is 2. The number of nitrogens with zero attached hydrogens (tertiary/aromatic N) is 1. The molecule has 10 heteroatoms. The van der Waals surface area contributed by atoms with Crippen molar-refractivity contribution in [3.05, 3.63) is 88.8 Å². The van der Waals surface area contributed by atoms with Crippen LogP contribution < -0.4 is 14.8 Å². The van der Waals surface area contributed by atoms with Gasteiger partial charge in [0.2, 0.25) is 5.76 Å². The van der Waals surface area contributed by atoms with E-state index in [4.69, 9.17) is 13.9 Å². The number of nitrogens with one attached hydrogen (secondary N) is 1. The van der Waals surface area contributed by atoms with E-state index in [2.05, 4.69) is 10.1 Å². The maximum atomic E-state index is 14.0. The van der Waals surface area contributed by atoms with E-state index in [9.17, 15) is 18.8 Å². The number of imide groups is 1. The Morgan fingerprint density at radius 1 is 1.09 bits per heavy atom. The maximum Gasteiger partial charge on any atom is 0.373 e. The van der Waals surface area contributed by atoms with E-state index in [1.54, 1.807) is 30.3 Å². The molecular formula is C25H21FN2O7. The quantitative estimate of drug-likeness (QED) is 0.296. The van der Waals surface area contributed by atoms with Gasteiger partial charge >= 0.3 is 12.0 Å². The van der Waals surface area contributed by atoms with Crippen LogP contribution in [0.15, 0.2) is 64.7 Å². The summed E-state index contributed by atoms with van der Waals surface area (Å²) in [6.07, 6.45) is 1.49. The van der Waals surface area contributed by atoms with E-state index in [0.717, 1.165) is 4.90 Å². The SMILES string of the molecule is COC(=O)c1ccc(COc2ccc(C=C3NC(=O)N(Cc4ccccc4F)C3=O)cc2OC)o1. The third-order valence-corrected chi connectivity index (χ3v) is 5.17. The second-order valence-electron chi connectivity index (χ2n) is 7.43. The number of furan rings is 1. The summed E-state index contributed by atoms with van der Waals surface area (Å²) in [6.45, 7) is -0.150. The Morgan fingerprint density at radius 2 is 1.89 bits per heavy atom. The molecular weight excluding hydrogens is 459 g/mol. The van der Waals surface area contributed by atoms with Gasteiger partial charge in [-0.15, -0.1) is 0 Å². The zero-order chi connectivity index (χ0) is 24.9. The first-order chi connectivity index (χ1) is 16.9. The number of rotatable bonds is 8. The molecule has 9 nitrogen and oxygen atoms in total. The predicted octanol–water partition coefficient (Wildman–Crippen LogP) is 3.89. The lowest BCUT2D eigenvalue weighted by Crippen LogP contribution is -2.30. The normalized spacial score (nSPS) is 14.3. The molecule has 1 aliphatic rings. The lowest BCUT2D eigenvalue weighted by atomic mass is 10.1. The molecule has 0 unspecified atom stereocenters. The first kappa shape index (κ1) is 23.6. The molecule has 1 saturated heterocycles. The van der Waals surface area contributed by atoms with Crippen molar-refractivity contribution in [2.45, 2.75) is 13.2 Å². The molecule has 4 rings (SSSR count). The van der Waals surface area contributed by atoms with Crippen LogP contribution in [0, 0.1) is 5.82 Å². The highest BCUT2D eigenvalue weighted by atomic mass is 19.1. The first-order valence-corrected chi connectivity index (χ1v) is 10.5. The summed E-state index contributed by atoms with van der Waals surface area (Å²) >= 11 is 0. The van der Waals surface area contributed by atoms with Crippen LogP contribution in [0.1, 0.15) is 27.4 Å². The molecule has 0 bridgehead atoms. The van der Waals surface area contributed by atoms with Crippen molar-refractivity contribution in [2.75, 3.05) is 14.2 Å². The third-order valence-electron chi connectivity index (χ3n) is 5.17. The zero-order valence-corrected chi connectivity index (χ0v) is 18.9. The molecule has 1 aromatic heterocycles. The fraction of sp³-hybridized carbons (Fsp3) is 0.160. The lowest BCUT2D eigenvalue weighted by Gasteiger charge is -2.12. The second-order valence-corrected chi connectivity index (χ2v) is 7.43. The van der Waals surface area contributed by atoms with E-state index in [1.165, 1.54) is 44.6 Å². The van der Waals surface area contributed by atoms with Crippen molar-refractivity contribution in [1.29, 1.82) is 0 Å². The number of halogens is 1. The van der Waals surface area contributed by atoms with Crippen LogP contribution in [0.3, 0.4) is 0 Å². The van der Waals surface area contributed by atoms with Gasteiger partial charge in [0, 0.05) is 5.56 Å². The van der Waals surface area contributed by atoms with E-state index < -0.39 is 23.7 Å². The lowest BCUT2D eigenvalue weighted by molar-refractivity contribution is -0.123. The molecule has 1 aliphatic heterocycles. The van der Waals surface area contributed by atoms with Crippen molar-refractivity contribution in [2.24, 2.45) is 0 Å². The Kier molecular flexibility index (Phi) is 6.81. The molecule has 0 spiro atoms. The number of ether oxygens (including phenoxy) is 3. The molecule has 2 aromatic carbocycles. The summed E-state index contributed by atoms with van der Waals surface area (Å²) in [5, 5.41) is 2.51. The number of carbonyl (C=O) groups is 3.